The van der Waals surface area contributed by atoms with Gasteiger partial charge in [-0.05, 0) is 36.5 Å². The quantitative estimate of drug-likeness (QED) is 0.834. The van der Waals surface area contributed by atoms with Crippen LogP contribution in [0.1, 0.15) is 35.7 Å². The van der Waals surface area contributed by atoms with Crippen molar-refractivity contribution in [2.24, 2.45) is 5.92 Å². The number of rotatable bonds is 5. The monoisotopic (exact) mass is 247 g/mol. The van der Waals surface area contributed by atoms with Crippen LogP contribution in [-0.2, 0) is 11.2 Å². The summed E-state index contributed by atoms with van der Waals surface area (Å²) in [7, 11) is 0. The van der Waals surface area contributed by atoms with Gasteiger partial charge >= 0.3 is 5.97 Å². The first-order chi connectivity index (χ1) is 8.56. The molecule has 1 fully saturated rings. The Kier molecular flexibility index (Phi) is 3.65. The van der Waals surface area contributed by atoms with Crippen molar-refractivity contribution in [1.82, 2.24) is 5.32 Å². The standard InChI is InChI=1S/C14H17NO3/c1-9-8-12(9)15-13(16)7-4-10-2-5-11(6-3-10)14(17)18/h2-3,5-6,9,12H,4,7-8H2,1H3,(H,15,16)(H,17,18)/t9-,12+/m1/s1. The molecular formula is C14H17NO3. The van der Waals surface area contributed by atoms with Crippen molar-refractivity contribution < 1.29 is 14.7 Å². The molecule has 0 aliphatic heterocycles. The van der Waals surface area contributed by atoms with Crippen LogP contribution in [0.5, 0.6) is 0 Å². The summed E-state index contributed by atoms with van der Waals surface area (Å²) in [5, 5.41) is 11.7. The summed E-state index contributed by atoms with van der Waals surface area (Å²) in [5.41, 5.74) is 1.26. The molecule has 1 aromatic rings. The number of carbonyl (C=O) groups is 2. The molecule has 96 valence electrons. The molecule has 1 aliphatic carbocycles. The van der Waals surface area contributed by atoms with Crippen molar-refractivity contribution in [2.75, 3.05) is 0 Å². The third kappa shape index (κ3) is 3.32. The lowest BCUT2D eigenvalue weighted by Gasteiger charge is -2.04. The van der Waals surface area contributed by atoms with Gasteiger partial charge in [-0.3, -0.25) is 4.79 Å². The van der Waals surface area contributed by atoms with E-state index in [1.54, 1.807) is 24.3 Å². The number of aromatic carboxylic acids is 1. The van der Waals surface area contributed by atoms with Crippen molar-refractivity contribution in [3.8, 4) is 0 Å². The van der Waals surface area contributed by atoms with Gasteiger partial charge in [0.25, 0.3) is 0 Å². The molecule has 2 atom stereocenters. The first kappa shape index (κ1) is 12.6. The number of aryl methyl sites for hydroxylation is 1. The first-order valence-electron chi connectivity index (χ1n) is 6.18. The molecule has 4 nitrogen and oxygen atoms in total. The zero-order chi connectivity index (χ0) is 13.1. The predicted molar refractivity (Wildman–Crippen MR) is 67.4 cm³/mol. The Morgan fingerprint density at radius 3 is 2.44 bits per heavy atom. The van der Waals surface area contributed by atoms with Crippen molar-refractivity contribution in [3.63, 3.8) is 0 Å². The summed E-state index contributed by atoms with van der Waals surface area (Å²) in [5.74, 6) is -0.238. The number of carboxylic acids is 1. The van der Waals surface area contributed by atoms with Gasteiger partial charge in [0, 0.05) is 12.5 Å². The second kappa shape index (κ2) is 5.21. The van der Waals surface area contributed by atoms with Crippen LogP contribution in [0.3, 0.4) is 0 Å². The minimum absolute atomic E-state index is 0.0756. The minimum Gasteiger partial charge on any atom is -0.478 e. The molecule has 4 heteroatoms. The maximum atomic E-state index is 11.6. The summed E-state index contributed by atoms with van der Waals surface area (Å²) < 4.78 is 0. The normalized spacial score (nSPS) is 21.4. The summed E-state index contributed by atoms with van der Waals surface area (Å²) >= 11 is 0. The van der Waals surface area contributed by atoms with Gasteiger partial charge in [0.05, 0.1) is 5.56 Å². The highest BCUT2D eigenvalue weighted by atomic mass is 16.4. The van der Waals surface area contributed by atoms with Gasteiger partial charge in [-0.25, -0.2) is 4.79 Å². The zero-order valence-corrected chi connectivity index (χ0v) is 10.3. The van der Waals surface area contributed by atoms with Crippen molar-refractivity contribution >= 4 is 11.9 Å². The fourth-order valence-electron chi connectivity index (χ4n) is 1.87. The lowest BCUT2D eigenvalue weighted by Crippen LogP contribution is -2.26. The van der Waals surface area contributed by atoms with Crippen LogP contribution in [0, 0.1) is 5.92 Å². The highest BCUT2D eigenvalue weighted by Gasteiger charge is 2.33. The van der Waals surface area contributed by atoms with Crippen molar-refractivity contribution in [1.29, 1.82) is 0 Å². The van der Waals surface area contributed by atoms with Crippen LogP contribution in [-0.4, -0.2) is 23.0 Å². The Morgan fingerprint density at radius 1 is 1.33 bits per heavy atom. The van der Waals surface area contributed by atoms with Crippen LogP contribution in [0.4, 0.5) is 0 Å². The Labute approximate surface area is 106 Å². The molecule has 1 aromatic carbocycles. The lowest BCUT2D eigenvalue weighted by atomic mass is 10.1. The molecule has 0 saturated heterocycles. The molecular weight excluding hydrogens is 230 g/mol. The van der Waals surface area contributed by atoms with Gasteiger partial charge in [0.2, 0.25) is 5.91 Å². The minimum atomic E-state index is -0.929. The van der Waals surface area contributed by atoms with Gasteiger partial charge in [0.15, 0.2) is 0 Å². The number of benzene rings is 1. The van der Waals surface area contributed by atoms with Crippen molar-refractivity contribution in [2.45, 2.75) is 32.2 Å². The largest absolute Gasteiger partial charge is 0.478 e. The van der Waals surface area contributed by atoms with E-state index in [0.717, 1.165) is 12.0 Å². The lowest BCUT2D eigenvalue weighted by molar-refractivity contribution is -0.121. The predicted octanol–water partition coefficient (Wildman–Crippen LogP) is 1.84. The van der Waals surface area contributed by atoms with Crippen molar-refractivity contribution in [3.05, 3.63) is 35.4 Å². The van der Waals surface area contributed by atoms with E-state index in [-0.39, 0.29) is 11.5 Å². The molecule has 0 bridgehead atoms. The number of hydrogen-bond acceptors (Lipinski definition) is 2. The van der Waals surface area contributed by atoms with Crippen LogP contribution in [0.2, 0.25) is 0 Å². The van der Waals surface area contributed by atoms with Crippen LogP contribution < -0.4 is 5.32 Å². The van der Waals surface area contributed by atoms with E-state index in [1.807, 2.05) is 0 Å². The van der Waals surface area contributed by atoms with Gasteiger partial charge in [0.1, 0.15) is 0 Å². The van der Waals surface area contributed by atoms with E-state index in [9.17, 15) is 9.59 Å². The zero-order valence-electron chi connectivity index (χ0n) is 10.3. The average molecular weight is 247 g/mol. The van der Waals surface area contributed by atoms with Gasteiger partial charge in [-0.15, -0.1) is 0 Å². The highest BCUT2D eigenvalue weighted by molar-refractivity contribution is 5.87. The third-order valence-corrected chi connectivity index (χ3v) is 3.30. The Balaban J connectivity index is 1.79. The summed E-state index contributed by atoms with van der Waals surface area (Å²) in [6.45, 7) is 2.12. The Hall–Kier alpha value is -1.84. The molecule has 0 radical (unpaired) electrons. The molecule has 1 aliphatic rings. The number of hydrogen-bond donors (Lipinski definition) is 2. The maximum absolute atomic E-state index is 11.6. The van der Waals surface area contributed by atoms with Crippen LogP contribution in [0.25, 0.3) is 0 Å². The molecule has 1 saturated carbocycles. The molecule has 1 amide bonds. The number of amides is 1. The Bertz CT molecular complexity index is 453. The molecule has 0 spiro atoms. The number of carboxylic acid groups (broad SMARTS) is 1. The third-order valence-electron chi connectivity index (χ3n) is 3.30. The smallest absolute Gasteiger partial charge is 0.335 e. The van der Waals surface area contributed by atoms with Gasteiger partial charge in [-0.2, -0.15) is 0 Å². The number of carbonyl (C=O) groups excluding carboxylic acids is 1. The van der Waals surface area contributed by atoms with Crippen LogP contribution in [0.15, 0.2) is 24.3 Å². The average Bonchev–Trinajstić information content (AvgIpc) is 3.02. The van der Waals surface area contributed by atoms with E-state index < -0.39 is 5.97 Å². The molecule has 2 N–H and O–H groups in total. The molecule has 2 rings (SSSR count). The maximum Gasteiger partial charge on any atom is 0.335 e. The van der Waals surface area contributed by atoms with E-state index in [4.69, 9.17) is 5.11 Å². The van der Waals surface area contributed by atoms with E-state index in [2.05, 4.69) is 12.2 Å². The van der Waals surface area contributed by atoms with Gasteiger partial charge < -0.3 is 10.4 Å². The summed E-state index contributed by atoms with van der Waals surface area (Å²) in [6, 6.07) is 7.02. The fourth-order valence-corrected chi connectivity index (χ4v) is 1.87. The fraction of sp³-hybridized carbons (Fsp3) is 0.429. The summed E-state index contributed by atoms with van der Waals surface area (Å²) in [6.07, 6.45) is 2.18. The number of nitrogens with one attached hydrogen (secondary N) is 1. The molecule has 0 heterocycles. The van der Waals surface area contributed by atoms with Crippen LogP contribution >= 0.6 is 0 Å². The van der Waals surface area contributed by atoms with E-state index in [0.29, 0.717) is 24.8 Å². The summed E-state index contributed by atoms with van der Waals surface area (Å²) in [4.78, 5) is 22.3. The second-order valence-corrected chi connectivity index (χ2v) is 4.89. The van der Waals surface area contributed by atoms with E-state index in [1.165, 1.54) is 0 Å². The van der Waals surface area contributed by atoms with E-state index >= 15 is 0 Å². The Morgan fingerprint density at radius 2 is 1.94 bits per heavy atom. The second-order valence-electron chi connectivity index (χ2n) is 4.89. The molecule has 0 unspecified atom stereocenters. The van der Waals surface area contributed by atoms with Gasteiger partial charge in [-0.1, -0.05) is 19.1 Å². The SMILES string of the molecule is C[C@@H]1C[C@@H]1NC(=O)CCc1ccc(C(=O)O)cc1. The molecule has 0 aromatic heterocycles. The topological polar surface area (TPSA) is 66.4 Å². The first-order valence-corrected chi connectivity index (χ1v) is 6.18. The highest BCUT2D eigenvalue weighted by Crippen LogP contribution is 2.28. The molecule has 18 heavy (non-hydrogen) atoms.